The number of amides is 3. The summed E-state index contributed by atoms with van der Waals surface area (Å²) in [5.41, 5.74) is 4.15. The molecule has 248 valence electrons. The van der Waals surface area contributed by atoms with E-state index in [9.17, 15) is 22.8 Å². The van der Waals surface area contributed by atoms with Crippen molar-refractivity contribution in [2.45, 2.75) is 12.7 Å². The zero-order valence-electron chi connectivity index (χ0n) is 24.9. The third kappa shape index (κ3) is 10.1. The second kappa shape index (κ2) is 15.8. The molecule has 12 nitrogen and oxygen atoms in total. The van der Waals surface area contributed by atoms with E-state index < -0.39 is 12.1 Å². The second-order valence-electron chi connectivity index (χ2n) is 9.90. The molecule has 0 atom stereocenters. The summed E-state index contributed by atoms with van der Waals surface area (Å²) in [4.78, 5) is 36.5. The van der Waals surface area contributed by atoms with Crippen LogP contribution in [0.1, 0.15) is 15.9 Å². The van der Waals surface area contributed by atoms with E-state index >= 15 is 0 Å². The number of anilines is 3. The number of methoxy groups -OCH3 is 1. The Bertz CT molecular complexity index is 1690. The van der Waals surface area contributed by atoms with Crippen LogP contribution in [0.4, 0.5) is 35.0 Å². The molecule has 0 radical (unpaired) electrons. The highest BCUT2D eigenvalue weighted by Gasteiger charge is 2.38. The fourth-order valence-corrected chi connectivity index (χ4v) is 4.43. The van der Waals surface area contributed by atoms with Crippen LogP contribution in [0, 0.1) is 0 Å². The van der Waals surface area contributed by atoms with Gasteiger partial charge in [-0.3, -0.25) is 4.79 Å². The predicted molar refractivity (Wildman–Crippen MR) is 169 cm³/mol. The van der Waals surface area contributed by atoms with Crippen molar-refractivity contribution in [2.75, 3.05) is 48.9 Å². The maximum absolute atomic E-state index is 13.1. The van der Waals surface area contributed by atoms with Crippen LogP contribution in [0.2, 0.25) is 5.02 Å². The maximum Gasteiger partial charge on any atom is 0.490 e. The van der Waals surface area contributed by atoms with Crippen molar-refractivity contribution < 1.29 is 42.1 Å². The van der Waals surface area contributed by atoms with E-state index in [1.807, 2.05) is 36.4 Å². The topological polar surface area (TPSA) is 147 Å². The van der Waals surface area contributed by atoms with Crippen molar-refractivity contribution in [1.82, 2.24) is 15.1 Å². The van der Waals surface area contributed by atoms with Crippen LogP contribution < -0.4 is 25.6 Å². The number of halogens is 4. The number of carbonyl (C=O) groups excluding carboxylic acids is 2. The molecule has 47 heavy (non-hydrogen) atoms. The zero-order chi connectivity index (χ0) is 34.0. The van der Waals surface area contributed by atoms with Crippen LogP contribution in [0.25, 0.3) is 5.69 Å². The number of carbonyl (C=O) groups is 3. The van der Waals surface area contributed by atoms with Gasteiger partial charge in [-0.05, 0) is 48.0 Å². The minimum absolute atomic E-state index is 0.268. The Morgan fingerprint density at radius 2 is 1.70 bits per heavy atom. The lowest BCUT2D eigenvalue weighted by Crippen LogP contribution is -2.36. The fraction of sp³-hybridized carbons (Fsp3) is 0.226. The number of hydrogen-bond acceptors (Lipinski definition) is 7. The number of aromatic nitrogens is 2. The summed E-state index contributed by atoms with van der Waals surface area (Å²) in [6, 6.07) is 19.6. The van der Waals surface area contributed by atoms with Gasteiger partial charge in [0.05, 0.1) is 49.8 Å². The summed E-state index contributed by atoms with van der Waals surface area (Å²) < 4.78 is 44.4. The lowest BCUT2D eigenvalue weighted by atomic mass is 10.1. The largest absolute Gasteiger partial charge is 0.495 e. The van der Waals surface area contributed by atoms with E-state index in [1.165, 1.54) is 6.20 Å². The standard InChI is InChI=1S/C29H29ClN6O4.C2HF3O2/c1-39-27-16-23(9-10-26(27)35-11-13-40-14-12-35)33-28(37)21-3-2-4-25(15-21)36-19-24(18-32-36)34-29(38)31-17-20-5-7-22(30)8-6-20;3-2(4,5)1(6)7/h2-10,15-16,18-19H,11-14,17H2,1H3,(H,33,37)(H2,31,34,38);(H,6,7). The maximum atomic E-state index is 13.1. The second-order valence-corrected chi connectivity index (χ2v) is 10.3. The van der Waals surface area contributed by atoms with E-state index in [2.05, 4.69) is 25.9 Å². The third-order valence-corrected chi connectivity index (χ3v) is 6.86. The van der Waals surface area contributed by atoms with E-state index in [1.54, 1.807) is 48.3 Å². The zero-order valence-corrected chi connectivity index (χ0v) is 25.6. The number of rotatable bonds is 8. The first-order chi connectivity index (χ1) is 22.4. The summed E-state index contributed by atoms with van der Waals surface area (Å²) >= 11 is 5.90. The molecule has 3 aromatic carbocycles. The smallest absolute Gasteiger partial charge is 0.490 e. The molecule has 1 fully saturated rings. The first-order valence-corrected chi connectivity index (χ1v) is 14.4. The van der Waals surface area contributed by atoms with Gasteiger partial charge < -0.3 is 35.4 Å². The highest BCUT2D eigenvalue weighted by Crippen LogP contribution is 2.32. The lowest BCUT2D eigenvalue weighted by molar-refractivity contribution is -0.192. The molecule has 0 spiro atoms. The van der Waals surface area contributed by atoms with Crippen LogP contribution in [0.3, 0.4) is 0 Å². The number of alkyl halides is 3. The van der Waals surface area contributed by atoms with E-state index in [-0.39, 0.29) is 11.9 Å². The van der Waals surface area contributed by atoms with Gasteiger partial charge in [0.2, 0.25) is 0 Å². The van der Waals surface area contributed by atoms with Crippen molar-refractivity contribution in [2.24, 2.45) is 0 Å². The average Bonchev–Trinajstić information content (AvgIpc) is 3.53. The number of benzene rings is 3. The van der Waals surface area contributed by atoms with Crippen LogP contribution in [-0.2, 0) is 16.1 Å². The molecule has 1 aromatic heterocycles. The Hall–Kier alpha value is -5.28. The first-order valence-electron chi connectivity index (χ1n) is 14.0. The Morgan fingerprint density at radius 3 is 2.36 bits per heavy atom. The van der Waals surface area contributed by atoms with Gasteiger partial charge in [0.15, 0.2) is 0 Å². The average molecular weight is 675 g/mol. The van der Waals surface area contributed by atoms with E-state index in [0.717, 1.165) is 24.3 Å². The quantitative estimate of drug-likeness (QED) is 0.190. The number of carboxylic acids is 1. The molecule has 0 aliphatic carbocycles. The molecule has 0 unspecified atom stereocenters. The van der Waals surface area contributed by atoms with E-state index in [0.29, 0.717) is 53.2 Å². The van der Waals surface area contributed by atoms with Gasteiger partial charge in [0.25, 0.3) is 5.91 Å². The van der Waals surface area contributed by atoms with Crippen molar-refractivity contribution in [3.63, 3.8) is 0 Å². The molecule has 1 aliphatic rings. The minimum Gasteiger partial charge on any atom is -0.495 e. The Labute approximate surface area is 272 Å². The number of nitrogens with zero attached hydrogens (tertiary/aromatic N) is 3. The summed E-state index contributed by atoms with van der Waals surface area (Å²) in [6.45, 7) is 3.27. The third-order valence-electron chi connectivity index (χ3n) is 6.61. The molecule has 0 saturated carbocycles. The van der Waals surface area contributed by atoms with Crippen LogP contribution in [0.5, 0.6) is 5.75 Å². The van der Waals surface area contributed by atoms with Gasteiger partial charge >= 0.3 is 18.2 Å². The van der Waals surface area contributed by atoms with Gasteiger partial charge in [-0.15, -0.1) is 0 Å². The number of nitrogens with one attached hydrogen (secondary N) is 3. The molecule has 4 aromatic rings. The highest BCUT2D eigenvalue weighted by molar-refractivity contribution is 6.30. The first kappa shape index (κ1) is 34.6. The number of ether oxygens (including phenoxy) is 2. The molecule has 4 N–H and O–H groups in total. The monoisotopic (exact) mass is 674 g/mol. The SMILES string of the molecule is COc1cc(NC(=O)c2cccc(-n3cc(NC(=O)NCc4ccc(Cl)cc4)cn3)c2)ccc1N1CCOCC1.O=C(O)C(F)(F)F. The van der Waals surface area contributed by atoms with Crippen LogP contribution >= 0.6 is 11.6 Å². The van der Waals surface area contributed by atoms with Crippen molar-refractivity contribution >= 4 is 46.6 Å². The summed E-state index contributed by atoms with van der Waals surface area (Å²) in [5.74, 6) is -2.34. The normalized spacial score (nSPS) is 12.7. The Balaban J connectivity index is 0.000000644. The number of hydrogen-bond donors (Lipinski definition) is 4. The number of carboxylic acid groups (broad SMARTS) is 1. The molecule has 5 rings (SSSR count). The van der Waals surface area contributed by atoms with E-state index in [4.69, 9.17) is 31.0 Å². The van der Waals surface area contributed by atoms with Crippen LogP contribution in [0.15, 0.2) is 79.1 Å². The molecule has 2 heterocycles. The van der Waals surface area contributed by atoms with Crippen molar-refractivity contribution in [3.05, 3.63) is 95.3 Å². The molecule has 3 amide bonds. The summed E-state index contributed by atoms with van der Waals surface area (Å²) in [7, 11) is 1.62. The van der Waals surface area contributed by atoms with Crippen molar-refractivity contribution in [1.29, 1.82) is 0 Å². The molecule has 1 saturated heterocycles. The molecule has 16 heteroatoms. The lowest BCUT2D eigenvalue weighted by Gasteiger charge is -2.30. The Morgan fingerprint density at radius 1 is 1.00 bits per heavy atom. The molecular weight excluding hydrogens is 645 g/mol. The van der Waals surface area contributed by atoms with Gasteiger partial charge in [-0.1, -0.05) is 29.8 Å². The van der Waals surface area contributed by atoms with Crippen LogP contribution in [-0.4, -0.2) is 72.4 Å². The van der Waals surface area contributed by atoms with Gasteiger partial charge in [-0.25, -0.2) is 14.3 Å². The predicted octanol–water partition coefficient (Wildman–Crippen LogP) is 5.58. The minimum atomic E-state index is -5.08. The molecular formula is C31H30ClF3N6O6. The highest BCUT2D eigenvalue weighted by atomic mass is 35.5. The number of urea groups is 1. The van der Waals surface area contributed by atoms with Gasteiger partial charge in [-0.2, -0.15) is 18.3 Å². The number of aliphatic carboxylic acids is 1. The number of morpholine rings is 1. The van der Waals surface area contributed by atoms with Gasteiger partial charge in [0, 0.05) is 42.0 Å². The summed E-state index contributed by atoms with van der Waals surface area (Å²) in [6.07, 6.45) is -1.87. The molecule has 0 bridgehead atoms. The summed E-state index contributed by atoms with van der Waals surface area (Å²) in [5, 5.41) is 20.6. The van der Waals surface area contributed by atoms with Gasteiger partial charge in [0.1, 0.15) is 5.75 Å². The fourth-order valence-electron chi connectivity index (χ4n) is 4.30. The Kier molecular flexibility index (Phi) is 11.6. The van der Waals surface area contributed by atoms with Crippen molar-refractivity contribution in [3.8, 4) is 11.4 Å². The molecule has 1 aliphatic heterocycles.